The van der Waals surface area contributed by atoms with Crippen LogP contribution in [0.4, 0.5) is 0 Å². The minimum atomic E-state index is -1.04. The van der Waals surface area contributed by atoms with Crippen molar-refractivity contribution in [3.8, 4) is 0 Å². The number of nitrogens with zero attached hydrogens (tertiary/aromatic N) is 2. The molecule has 0 heterocycles. The van der Waals surface area contributed by atoms with E-state index in [1.807, 2.05) is 28.2 Å². The molecule has 0 saturated carbocycles. The average molecular weight is 539 g/mol. The number of amides is 2. The number of carboxylic acids is 1. The fourth-order valence-corrected chi connectivity index (χ4v) is 4.36. The van der Waals surface area contributed by atoms with Gasteiger partial charge in [0.2, 0.25) is 11.8 Å². The number of carbonyl (C=O) groups excluding carboxylic acids is 3. The van der Waals surface area contributed by atoms with Crippen LogP contribution in [-0.2, 0) is 14.4 Å². The van der Waals surface area contributed by atoms with Crippen molar-refractivity contribution in [2.75, 3.05) is 60.9 Å². The summed E-state index contributed by atoms with van der Waals surface area (Å²) >= 11 is 0. The molecule has 0 aliphatic rings. The number of quaternary nitrogens is 1. The smallest absolute Gasteiger partial charge is 0.219 e. The Morgan fingerprint density at radius 2 is 1.13 bits per heavy atom. The number of aliphatic carboxylic acids is 1. The zero-order chi connectivity index (χ0) is 28.5. The molecular weight excluding hydrogens is 480 g/mol. The van der Waals surface area contributed by atoms with Gasteiger partial charge in [0.1, 0.15) is 6.54 Å². The van der Waals surface area contributed by atoms with Gasteiger partial charge in [-0.3, -0.25) is 9.59 Å². The third kappa shape index (κ3) is 27.1. The molecule has 0 rings (SSSR count). The van der Waals surface area contributed by atoms with Crippen molar-refractivity contribution < 1.29 is 24.0 Å². The number of carbonyl (C=O) groups is 3. The zero-order valence-electron chi connectivity index (χ0n) is 25.0. The Hall–Kier alpha value is -1.93. The van der Waals surface area contributed by atoms with Gasteiger partial charge in [-0.05, 0) is 65.6 Å². The number of hydrogen-bond donors (Lipinski definition) is 2. The Bertz CT molecular complexity index is 650. The summed E-state index contributed by atoms with van der Waals surface area (Å²) in [6, 6.07) is 0. The van der Waals surface area contributed by atoms with Crippen LogP contribution in [0.1, 0.15) is 103 Å². The second-order valence-corrected chi connectivity index (χ2v) is 11.5. The second-order valence-electron chi connectivity index (χ2n) is 11.5. The SMILES string of the molecule is CN(C)CCCNC(=O)CCCCCCC/C=C/CCCCCCCC(=O)NCCC[N+](C)(C)CC(=O)[O-]. The van der Waals surface area contributed by atoms with Gasteiger partial charge < -0.3 is 29.9 Å². The molecule has 0 bridgehead atoms. The van der Waals surface area contributed by atoms with Crippen LogP contribution in [0.5, 0.6) is 0 Å². The number of hydrogen-bond acceptors (Lipinski definition) is 5. The van der Waals surface area contributed by atoms with Crippen LogP contribution in [0.15, 0.2) is 12.2 Å². The van der Waals surface area contributed by atoms with Gasteiger partial charge in [-0.1, -0.05) is 50.7 Å². The van der Waals surface area contributed by atoms with Crippen LogP contribution in [-0.4, -0.2) is 88.1 Å². The van der Waals surface area contributed by atoms with Crippen molar-refractivity contribution in [2.24, 2.45) is 0 Å². The molecule has 0 saturated heterocycles. The van der Waals surface area contributed by atoms with Crippen LogP contribution in [0, 0.1) is 0 Å². The maximum absolute atomic E-state index is 11.9. The summed E-state index contributed by atoms with van der Waals surface area (Å²) in [5.41, 5.74) is 0. The van der Waals surface area contributed by atoms with E-state index in [4.69, 9.17) is 0 Å². The lowest BCUT2D eigenvalue weighted by atomic mass is 10.1. The topological polar surface area (TPSA) is 102 Å². The van der Waals surface area contributed by atoms with E-state index in [2.05, 4.69) is 27.7 Å². The Balaban J connectivity index is 3.39. The zero-order valence-corrected chi connectivity index (χ0v) is 25.0. The third-order valence-corrected chi connectivity index (χ3v) is 6.64. The molecule has 0 aromatic carbocycles. The average Bonchev–Trinajstić information content (AvgIpc) is 2.83. The fourth-order valence-electron chi connectivity index (χ4n) is 4.36. The molecule has 0 aromatic rings. The minimum Gasteiger partial charge on any atom is -0.544 e. The second kappa shape index (κ2) is 24.1. The van der Waals surface area contributed by atoms with E-state index in [1.54, 1.807) is 0 Å². The molecule has 0 unspecified atom stereocenters. The quantitative estimate of drug-likeness (QED) is 0.0999. The van der Waals surface area contributed by atoms with Crippen LogP contribution < -0.4 is 15.7 Å². The Labute approximate surface area is 233 Å². The van der Waals surface area contributed by atoms with Crippen LogP contribution >= 0.6 is 0 Å². The van der Waals surface area contributed by atoms with Gasteiger partial charge in [0, 0.05) is 32.4 Å². The van der Waals surface area contributed by atoms with Gasteiger partial charge in [-0.15, -0.1) is 0 Å². The Kier molecular flexibility index (Phi) is 22.9. The van der Waals surface area contributed by atoms with Gasteiger partial charge in [0.25, 0.3) is 0 Å². The lowest BCUT2D eigenvalue weighted by molar-refractivity contribution is -0.884. The molecule has 8 nitrogen and oxygen atoms in total. The van der Waals surface area contributed by atoms with Crippen LogP contribution in [0.3, 0.4) is 0 Å². The molecule has 0 spiro atoms. The lowest BCUT2D eigenvalue weighted by Gasteiger charge is -2.30. The largest absolute Gasteiger partial charge is 0.544 e. The predicted molar refractivity (Wildman–Crippen MR) is 154 cm³/mol. The highest BCUT2D eigenvalue weighted by atomic mass is 16.4. The summed E-state index contributed by atoms with van der Waals surface area (Å²) in [7, 11) is 7.81. The summed E-state index contributed by atoms with van der Waals surface area (Å²) in [5.74, 6) is -0.758. The summed E-state index contributed by atoms with van der Waals surface area (Å²) in [6.07, 6.45) is 21.3. The van der Waals surface area contributed by atoms with Crippen molar-refractivity contribution in [1.29, 1.82) is 0 Å². The highest BCUT2D eigenvalue weighted by Crippen LogP contribution is 2.10. The molecule has 2 N–H and O–H groups in total. The van der Waals surface area contributed by atoms with Crippen LogP contribution in [0.25, 0.3) is 0 Å². The molecule has 0 aliphatic carbocycles. The van der Waals surface area contributed by atoms with E-state index in [0.717, 1.165) is 64.5 Å². The number of rotatable bonds is 26. The monoisotopic (exact) mass is 538 g/mol. The number of carboxylic acid groups (broad SMARTS) is 1. The molecule has 8 heteroatoms. The first kappa shape index (κ1) is 36.1. The molecular formula is C30H58N4O4. The van der Waals surface area contributed by atoms with Crippen molar-refractivity contribution >= 4 is 17.8 Å². The Morgan fingerprint density at radius 1 is 0.684 bits per heavy atom. The molecule has 0 aliphatic heterocycles. The Morgan fingerprint density at radius 3 is 1.61 bits per heavy atom. The van der Waals surface area contributed by atoms with Crippen molar-refractivity contribution in [1.82, 2.24) is 15.5 Å². The molecule has 38 heavy (non-hydrogen) atoms. The minimum absolute atomic E-state index is 0.00869. The molecule has 0 atom stereocenters. The lowest BCUT2D eigenvalue weighted by Crippen LogP contribution is -2.49. The maximum Gasteiger partial charge on any atom is 0.219 e. The van der Waals surface area contributed by atoms with Crippen molar-refractivity contribution in [2.45, 2.75) is 103 Å². The molecule has 0 aromatic heterocycles. The first-order valence-electron chi connectivity index (χ1n) is 15.0. The maximum atomic E-state index is 11.9. The van der Waals surface area contributed by atoms with Gasteiger partial charge in [0.15, 0.2) is 0 Å². The van der Waals surface area contributed by atoms with E-state index < -0.39 is 5.97 Å². The van der Waals surface area contributed by atoms with E-state index in [1.165, 1.54) is 38.5 Å². The fraction of sp³-hybridized carbons (Fsp3) is 0.833. The molecule has 222 valence electrons. The van der Waals surface area contributed by atoms with Gasteiger partial charge in [-0.2, -0.15) is 0 Å². The summed E-state index contributed by atoms with van der Waals surface area (Å²) in [4.78, 5) is 36.5. The molecule has 2 amide bonds. The first-order chi connectivity index (χ1) is 18.1. The summed E-state index contributed by atoms with van der Waals surface area (Å²) in [6.45, 7) is 3.07. The molecule has 0 fully saturated rings. The highest BCUT2D eigenvalue weighted by molar-refractivity contribution is 5.76. The van der Waals surface area contributed by atoms with E-state index >= 15 is 0 Å². The van der Waals surface area contributed by atoms with Crippen LogP contribution in [0.2, 0.25) is 0 Å². The first-order valence-corrected chi connectivity index (χ1v) is 15.0. The van der Waals surface area contributed by atoms with E-state index in [0.29, 0.717) is 30.4 Å². The summed E-state index contributed by atoms with van der Waals surface area (Å²) < 4.78 is 0.369. The number of allylic oxidation sites excluding steroid dienone is 2. The van der Waals surface area contributed by atoms with E-state index in [9.17, 15) is 19.5 Å². The number of likely N-dealkylation sites (N-methyl/N-ethyl adjacent to an activating group) is 1. The predicted octanol–water partition coefficient (Wildman–Crippen LogP) is 3.40. The van der Waals surface area contributed by atoms with Crippen molar-refractivity contribution in [3.05, 3.63) is 12.2 Å². The van der Waals surface area contributed by atoms with Gasteiger partial charge >= 0.3 is 0 Å². The van der Waals surface area contributed by atoms with Crippen molar-refractivity contribution in [3.63, 3.8) is 0 Å². The van der Waals surface area contributed by atoms with Gasteiger partial charge in [0.05, 0.1) is 26.6 Å². The van der Waals surface area contributed by atoms with E-state index in [-0.39, 0.29) is 18.4 Å². The van der Waals surface area contributed by atoms with Gasteiger partial charge in [-0.25, -0.2) is 0 Å². The molecule has 0 radical (unpaired) electrons. The highest BCUT2D eigenvalue weighted by Gasteiger charge is 2.14. The number of nitrogens with one attached hydrogen (secondary N) is 2. The summed E-state index contributed by atoms with van der Waals surface area (Å²) in [5, 5.41) is 16.7. The normalized spacial score (nSPS) is 11.8. The standard InChI is InChI=1S/C30H58N4O4/c1-33(2)25-19-23-31-28(35)21-17-15-13-11-9-7-5-6-8-10-12-14-16-18-22-29(36)32-24-20-26-34(3,4)27-30(37)38/h5-6H,7-27H2,1-4H3,(H2-,31,32,35,36,37,38)/b6-5+. The third-order valence-electron chi connectivity index (χ3n) is 6.64. The number of unbranched alkanes of at least 4 members (excludes halogenated alkanes) is 10.